The molecule has 0 spiro atoms. The van der Waals surface area contributed by atoms with Crippen LogP contribution in [0, 0.1) is 0 Å². The summed E-state index contributed by atoms with van der Waals surface area (Å²) in [6.45, 7) is 3.20. The summed E-state index contributed by atoms with van der Waals surface area (Å²) in [5.74, 6) is -0.997. The molecule has 5 nitrogen and oxygen atoms in total. The second-order valence-corrected chi connectivity index (χ2v) is 5.26. The number of hydrogen-bond acceptors (Lipinski definition) is 3. The minimum absolute atomic E-state index is 0.303. The summed E-state index contributed by atoms with van der Waals surface area (Å²) >= 11 is 0. The van der Waals surface area contributed by atoms with E-state index in [1.807, 2.05) is 36.4 Å². The number of aliphatic carboxylic acids is 1. The first kappa shape index (κ1) is 15.8. The zero-order valence-corrected chi connectivity index (χ0v) is 12.8. The molecule has 0 aliphatic rings. The highest BCUT2D eigenvalue weighted by atomic mass is 16.5. The predicted octanol–water partition coefficient (Wildman–Crippen LogP) is 2.54. The first-order valence-corrected chi connectivity index (χ1v) is 7.03. The van der Waals surface area contributed by atoms with Gasteiger partial charge in [-0.3, -0.25) is 9.59 Å². The Kier molecular flexibility index (Phi) is 4.65. The summed E-state index contributed by atoms with van der Waals surface area (Å²) in [7, 11) is 1.62. The minimum Gasteiger partial charge on any atom is -0.497 e. The van der Waals surface area contributed by atoms with Crippen molar-refractivity contribution in [1.82, 2.24) is 5.32 Å². The van der Waals surface area contributed by atoms with Gasteiger partial charge in [0.2, 0.25) is 5.91 Å². The van der Waals surface area contributed by atoms with Crippen LogP contribution < -0.4 is 10.1 Å². The fourth-order valence-electron chi connectivity index (χ4n) is 2.19. The van der Waals surface area contributed by atoms with E-state index in [9.17, 15) is 9.59 Å². The molecule has 2 N–H and O–H groups in total. The van der Waals surface area contributed by atoms with Crippen LogP contribution in [0.25, 0.3) is 10.8 Å². The zero-order valence-electron chi connectivity index (χ0n) is 12.8. The van der Waals surface area contributed by atoms with Crippen molar-refractivity contribution in [2.24, 2.45) is 0 Å². The molecule has 0 fully saturated rings. The van der Waals surface area contributed by atoms with Gasteiger partial charge >= 0.3 is 5.97 Å². The summed E-state index contributed by atoms with van der Waals surface area (Å²) in [6, 6.07) is 10.6. The molecule has 0 aliphatic heterocycles. The molecular formula is C17H19NO4. The van der Waals surface area contributed by atoms with Gasteiger partial charge in [-0.2, -0.15) is 0 Å². The lowest BCUT2D eigenvalue weighted by Crippen LogP contribution is -2.40. The van der Waals surface area contributed by atoms with Crippen molar-refractivity contribution in [3.05, 3.63) is 42.0 Å². The lowest BCUT2D eigenvalue weighted by atomic mass is 9.96. The molecule has 2 rings (SSSR count). The molecule has 2 aromatic rings. The van der Waals surface area contributed by atoms with Crippen LogP contribution in [0.2, 0.25) is 0 Å². The quantitative estimate of drug-likeness (QED) is 0.890. The molecule has 116 valence electrons. The first-order valence-electron chi connectivity index (χ1n) is 7.03. The molecule has 2 atom stereocenters. The van der Waals surface area contributed by atoms with Crippen molar-refractivity contribution in [1.29, 1.82) is 0 Å². The number of carboxylic acids is 1. The van der Waals surface area contributed by atoms with Gasteiger partial charge in [0.1, 0.15) is 11.8 Å². The Morgan fingerprint density at radius 2 is 1.73 bits per heavy atom. The molecule has 5 heteroatoms. The van der Waals surface area contributed by atoms with Crippen LogP contribution in [0.1, 0.15) is 25.3 Å². The van der Waals surface area contributed by atoms with Crippen LogP contribution in [0.4, 0.5) is 0 Å². The average Bonchev–Trinajstić information content (AvgIpc) is 2.52. The van der Waals surface area contributed by atoms with Gasteiger partial charge in [0.05, 0.1) is 13.0 Å². The normalized spacial score (nSPS) is 13.4. The van der Waals surface area contributed by atoms with E-state index in [-0.39, 0.29) is 5.91 Å². The molecule has 0 heterocycles. The van der Waals surface area contributed by atoms with E-state index < -0.39 is 17.9 Å². The Labute approximate surface area is 128 Å². The third-order valence-electron chi connectivity index (χ3n) is 3.69. The summed E-state index contributed by atoms with van der Waals surface area (Å²) in [5.41, 5.74) is 0.841. The van der Waals surface area contributed by atoms with Gasteiger partial charge in [0, 0.05) is 0 Å². The standard InChI is InChI=1S/C17H19NO4/c1-10(16(19)18-11(2)17(20)21)12-4-5-14-9-15(22-3)7-6-13(14)8-12/h4-11H,1-3H3,(H,18,19)(H,20,21)/t10-,11-/m0/s1. The Balaban J connectivity index is 2.22. The maximum atomic E-state index is 12.1. The Hall–Kier alpha value is -2.56. The number of nitrogens with one attached hydrogen (secondary N) is 1. The lowest BCUT2D eigenvalue weighted by Gasteiger charge is -2.15. The number of fused-ring (bicyclic) bond motifs is 1. The highest BCUT2D eigenvalue weighted by Crippen LogP contribution is 2.25. The van der Waals surface area contributed by atoms with Gasteiger partial charge in [0.15, 0.2) is 0 Å². The molecule has 0 radical (unpaired) electrons. The number of hydrogen-bond donors (Lipinski definition) is 2. The molecule has 0 aliphatic carbocycles. The highest BCUT2D eigenvalue weighted by Gasteiger charge is 2.20. The SMILES string of the molecule is COc1ccc2cc([C@H](C)C(=O)N[C@@H](C)C(=O)O)ccc2c1. The van der Waals surface area contributed by atoms with Crippen molar-refractivity contribution < 1.29 is 19.4 Å². The van der Waals surface area contributed by atoms with Gasteiger partial charge in [-0.25, -0.2) is 0 Å². The van der Waals surface area contributed by atoms with E-state index in [0.717, 1.165) is 22.1 Å². The Morgan fingerprint density at radius 1 is 1.09 bits per heavy atom. The molecule has 0 saturated carbocycles. The summed E-state index contributed by atoms with van der Waals surface area (Å²) in [5, 5.41) is 13.4. The molecular weight excluding hydrogens is 282 g/mol. The van der Waals surface area contributed by atoms with E-state index in [2.05, 4.69) is 5.32 Å². The van der Waals surface area contributed by atoms with Crippen LogP contribution in [0.3, 0.4) is 0 Å². The molecule has 0 aromatic heterocycles. The number of ether oxygens (including phenoxy) is 1. The molecule has 2 aromatic carbocycles. The smallest absolute Gasteiger partial charge is 0.325 e. The molecule has 0 bridgehead atoms. The zero-order chi connectivity index (χ0) is 16.3. The van der Waals surface area contributed by atoms with Crippen molar-refractivity contribution in [3.63, 3.8) is 0 Å². The molecule has 0 saturated heterocycles. The highest BCUT2D eigenvalue weighted by molar-refractivity contribution is 5.90. The van der Waals surface area contributed by atoms with Crippen LogP contribution >= 0.6 is 0 Å². The third-order valence-corrected chi connectivity index (χ3v) is 3.69. The topological polar surface area (TPSA) is 75.6 Å². The van der Waals surface area contributed by atoms with E-state index in [1.54, 1.807) is 14.0 Å². The fraction of sp³-hybridized carbons (Fsp3) is 0.294. The number of carboxylic acid groups (broad SMARTS) is 1. The maximum Gasteiger partial charge on any atom is 0.325 e. The first-order chi connectivity index (χ1) is 10.4. The van der Waals surface area contributed by atoms with Crippen molar-refractivity contribution >= 4 is 22.6 Å². The van der Waals surface area contributed by atoms with E-state index in [1.165, 1.54) is 6.92 Å². The largest absolute Gasteiger partial charge is 0.497 e. The van der Waals surface area contributed by atoms with Crippen LogP contribution in [0.15, 0.2) is 36.4 Å². The average molecular weight is 301 g/mol. The third kappa shape index (κ3) is 3.36. The van der Waals surface area contributed by atoms with Gasteiger partial charge in [-0.05, 0) is 42.3 Å². The van der Waals surface area contributed by atoms with Crippen LogP contribution in [0.5, 0.6) is 5.75 Å². The lowest BCUT2D eigenvalue weighted by molar-refractivity contribution is -0.141. The van der Waals surface area contributed by atoms with Crippen molar-refractivity contribution in [2.75, 3.05) is 7.11 Å². The van der Waals surface area contributed by atoms with Crippen molar-refractivity contribution in [3.8, 4) is 5.75 Å². The number of carbonyl (C=O) groups is 2. The molecule has 22 heavy (non-hydrogen) atoms. The van der Waals surface area contributed by atoms with E-state index in [4.69, 9.17) is 9.84 Å². The maximum absolute atomic E-state index is 12.1. The minimum atomic E-state index is -1.05. The van der Waals surface area contributed by atoms with Gasteiger partial charge in [0.25, 0.3) is 0 Å². The van der Waals surface area contributed by atoms with Gasteiger partial charge in [-0.15, -0.1) is 0 Å². The predicted molar refractivity (Wildman–Crippen MR) is 84.2 cm³/mol. The number of benzene rings is 2. The number of carbonyl (C=O) groups excluding carboxylic acids is 1. The number of rotatable bonds is 5. The number of methoxy groups -OCH3 is 1. The monoisotopic (exact) mass is 301 g/mol. The van der Waals surface area contributed by atoms with Crippen LogP contribution in [-0.2, 0) is 9.59 Å². The summed E-state index contributed by atoms with van der Waals surface area (Å²) in [4.78, 5) is 22.9. The van der Waals surface area contributed by atoms with Gasteiger partial charge < -0.3 is 15.2 Å². The second-order valence-electron chi connectivity index (χ2n) is 5.26. The summed E-state index contributed by atoms with van der Waals surface area (Å²) < 4.78 is 5.18. The van der Waals surface area contributed by atoms with Gasteiger partial charge in [-0.1, -0.05) is 24.3 Å². The van der Waals surface area contributed by atoms with E-state index >= 15 is 0 Å². The van der Waals surface area contributed by atoms with Crippen molar-refractivity contribution in [2.45, 2.75) is 25.8 Å². The Bertz CT molecular complexity index is 711. The number of amides is 1. The Morgan fingerprint density at radius 3 is 2.36 bits per heavy atom. The second kappa shape index (κ2) is 6.47. The fourth-order valence-corrected chi connectivity index (χ4v) is 2.19. The van der Waals surface area contributed by atoms with Crippen LogP contribution in [-0.4, -0.2) is 30.1 Å². The molecule has 1 amide bonds. The van der Waals surface area contributed by atoms with E-state index in [0.29, 0.717) is 0 Å². The summed E-state index contributed by atoms with van der Waals surface area (Å²) in [6.07, 6.45) is 0. The molecule has 0 unspecified atom stereocenters.